The molecule has 0 spiro atoms. The minimum Gasteiger partial charge on any atom is -0.352 e. The fraction of sp³-hybridized carbons (Fsp3) is 0.267. The smallest absolute Gasteiger partial charge is 0.269 e. The Balaban J connectivity index is 1.96. The third kappa shape index (κ3) is 4.29. The third-order valence-electron chi connectivity index (χ3n) is 3.15. The molecule has 1 heterocycles. The van der Waals surface area contributed by atoms with Crippen LogP contribution in [0.2, 0.25) is 0 Å². The van der Waals surface area contributed by atoms with E-state index in [0.717, 1.165) is 18.1 Å². The number of rotatable bonds is 5. The van der Waals surface area contributed by atoms with Crippen LogP contribution in [0.1, 0.15) is 11.1 Å². The van der Waals surface area contributed by atoms with Gasteiger partial charge >= 0.3 is 0 Å². The topological polar surface area (TPSA) is 70.8 Å². The summed E-state index contributed by atoms with van der Waals surface area (Å²) >= 11 is 1.66. The summed E-state index contributed by atoms with van der Waals surface area (Å²) in [4.78, 5) is 16.7. The van der Waals surface area contributed by atoms with Gasteiger partial charge in [0.1, 0.15) is 0 Å². The van der Waals surface area contributed by atoms with Gasteiger partial charge < -0.3 is 10.2 Å². The van der Waals surface area contributed by atoms with Crippen molar-refractivity contribution < 1.29 is 4.92 Å². The molecule has 0 saturated carbocycles. The highest BCUT2D eigenvalue weighted by atomic mass is 32.1. The molecule has 7 heteroatoms. The summed E-state index contributed by atoms with van der Waals surface area (Å²) in [6.07, 6.45) is 0. The van der Waals surface area contributed by atoms with Crippen molar-refractivity contribution in [2.24, 2.45) is 4.99 Å². The number of nitro benzene ring substituents is 1. The van der Waals surface area contributed by atoms with Crippen LogP contribution in [0.15, 0.2) is 46.1 Å². The fourth-order valence-corrected chi connectivity index (χ4v) is 2.74. The van der Waals surface area contributed by atoms with Gasteiger partial charge in [-0.05, 0) is 28.0 Å². The van der Waals surface area contributed by atoms with Gasteiger partial charge in [-0.15, -0.1) is 0 Å². The number of hydrogen-bond donors (Lipinski definition) is 1. The molecule has 0 aliphatic heterocycles. The quantitative estimate of drug-likeness (QED) is 0.398. The van der Waals surface area contributed by atoms with Gasteiger partial charge in [0.2, 0.25) is 0 Å². The maximum Gasteiger partial charge on any atom is 0.269 e. The molecule has 6 nitrogen and oxygen atoms in total. The Labute approximate surface area is 133 Å². The van der Waals surface area contributed by atoms with Crippen LogP contribution in [-0.4, -0.2) is 29.9 Å². The number of nitrogens with zero attached hydrogens (tertiary/aromatic N) is 3. The molecule has 116 valence electrons. The molecule has 0 fully saturated rings. The highest BCUT2D eigenvalue weighted by Crippen LogP contribution is 2.13. The Bertz CT molecular complexity index is 655. The molecular formula is C15H18N4O2S. The Morgan fingerprint density at radius 3 is 2.86 bits per heavy atom. The largest absolute Gasteiger partial charge is 0.352 e. The molecule has 2 rings (SSSR count). The molecule has 0 saturated heterocycles. The van der Waals surface area contributed by atoms with E-state index in [9.17, 15) is 10.1 Å². The van der Waals surface area contributed by atoms with Crippen LogP contribution in [0.3, 0.4) is 0 Å². The van der Waals surface area contributed by atoms with Crippen LogP contribution in [0.5, 0.6) is 0 Å². The zero-order valence-electron chi connectivity index (χ0n) is 12.5. The van der Waals surface area contributed by atoms with Crippen LogP contribution in [-0.2, 0) is 13.1 Å². The first-order valence-electron chi connectivity index (χ1n) is 6.76. The van der Waals surface area contributed by atoms with E-state index < -0.39 is 0 Å². The highest BCUT2D eigenvalue weighted by molar-refractivity contribution is 7.07. The minimum atomic E-state index is -0.388. The maximum absolute atomic E-state index is 10.8. The Kier molecular flexibility index (Phi) is 5.48. The lowest BCUT2D eigenvalue weighted by Crippen LogP contribution is -2.37. The zero-order valence-corrected chi connectivity index (χ0v) is 13.3. The first-order valence-corrected chi connectivity index (χ1v) is 7.70. The zero-order chi connectivity index (χ0) is 15.9. The van der Waals surface area contributed by atoms with Gasteiger partial charge in [0, 0.05) is 39.3 Å². The van der Waals surface area contributed by atoms with E-state index in [-0.39, 0.29) is 10.6 Å². The van der Waals surface area contributed by atoms with Crippen molar-refractivity contribution in [1.29, 1.82) is 0 Å². The van der Waals surface area contributed by atoms with Crippen LogP contribution < -0.4 is 5.32 Å². The SMILES string of the molecule is CN=C(NCc1cccc([N+](=O)[O-])c1)N(C)Cc1ccsc1. The molecule has 1 aromatic heterocycles. The molecule has 0 radical (unpaired) electrons. The van der Waals surface area contributed by atoms with Gasteiger partial charge in [-0.1, -0.05) is 12.1 Å². The second-order valence-corrected chi connectivity index (χ2v) is 5.60. The summed E-state index contributed by atoms with van der Waals surface area (Å²) in [5.41, 5.74) is 2.17. The lowest BCUT2D eigenvalue weighted by molar-refractivity contribution is -0.384. The lowest BCUT2D eigenvalue weighted by Gasteiger charge is -2.21. The third-order valence-corrected chi connectivity index (χ3v) is 3.88. The van der Waals surface area contributed by atoms with E-state index >= 15 is 0 Å². The first kappa shape index (κ1) is 16.0. The molecule has 22 heavy (non-hydrogen) atoms. The number of benzene rings is 1. The number of thiophene rings is 1. The van der Waals surface area contributed by atoms with Crippen LogP contribution >= 0.6 is 11.3 Å². The van der Waals surface area contributed by atoms with Crippen LogP contribution in [0, 0.1) is 10.1 Å². The van der Waals surface area contributed by atoms with Crippen molar-refractivity contribution in [3.63, 3.8) is 0 Å². The summed E-state index contributed by atoms with van der Waals surface area (Å²) in [5, 5.41) is 18.2. The summed E-state index contributed by atoms with van der Waals surface area (Å²) in [6.45, 7) is 1.25. The van der Waals surface area contributed by atoms with Gasteiger partial charge in [-0.25, -0.2) is 0 Å². The molecule has 0 aliphatic carbocycles. The van der Waals surface area contributed by atoms with Gasteiger partial charge in [-0.2, -0.15) is 11.3 Å². The fourth-order valence-electron chi connectivity index (χ4n) is 2.08. The summed E-state index contributed by atoms with van der Waals surface area (Å²) in [7, 11) is 3.68. The second kappa shape index (κ2) is 7.56. The standard InChI is InChI=1S/C15H18N4O2S/c1-16-15(18(2)10-13-6-7-22-11-13)17-9-12-4-3-5-14(8-12)19(20)21/h3-8,11H,9-10H2,1-2H3,(H,16,17). The van der Waals surface area contributed by atoms with Crippen molar-refractivity contribution in [3.05, 3.63) is 62.3 Å². The van der Waals surface area contributed by atoms with E-state index in [4.69, 9.17) is 0 Å². The predicted octanol–water partition coefficient (Wildman–Crippen LogP) is 2.86. The van der Waals surface area contributed by atoms with Crippen molar-refractivity contribution in [2.45, 2.75) is 13.1 Å². The van der Waals surface area contributed by atoms with Crippen molar-refractivity contribution in [1.82, 2.24) is 10.2 Å². The normalized spacial score (nSPS) is 11.3. The van der Waals surface area contributed by atoms with Crippen molar-refractivity contribution in [2.75, 3.05) is 14.1 Å². The van der Waals surface area contributed by atoms with E-state index in [1.54, 1.807) is 30.5 Å². The van der Waals surface area contributed by atoms with Crippen LogP contribution in [0.25, 0.3) is 0 Å². The molecule has 0 bridgehead atoms. The minimum absolute atomic E-state index is 0.0981. The number of hydrogen-bond acceptors (Lipinski definition) is 4. The second-order valence-electron chi connectivity index (χ2n) is 4.82. The lowest BCUT2D eigenvalue weighted by atomic mass is 10.2. The molecule has 0 amide bonds. The highest BCUT2D eigenvalue weighted by Gasteiger charge is 2.09. The monoisotopic (exact) mass is 318 g/mol. The van der Waals surface area contributed by atoms with Crippen molar-refractivity contribution in [3.8, 4) is 0 Å². The van der Waals surface area contributed by atoms with Gasteiger partial charge in [0.15, 0.2) is 5.96 Å². The molecule has 0 unspecified atom stereocenters. The summed E-state index contributed by atoms with van der Waals surface area (Å²) < 4.78 is 0. The van der Waals surface area contributed by atoms with E-state index in [2.05, 4.69) is 21.8 Å². The van der Waals surface area contributed by atoms with E-state index in [1.165, 1.54) is 11.6 Å². The number of nitrogens with one attached hydrogen (secondary N) is 1. The van der Waals surface area contributed by atoms with Gasteiger partial charge in [-0.3, -0.25) is 15.1 Å². The molecule has 0 aliphatic rings. The first-order chi connectivity index (χ1) is 10.6. The predicted molar refractivity (Wildman–Crippen MR) is 89.1 cm³/mol. The van der Waals surface area contributed by atoms with E-state index in [0.29, 0.717) is 6.54 Å². The Hall–Kier alpha value is -2.41. The van der Waals surface area contributed by atoms with Gasteiger partial charge in [0.05, 0.1) is 4.92 Å². The van der Waals surface area contributed by atoms with Crippen LogP contribution in [0.4, 0.5) is 5.69 Å². The maximum atomic E-state index is 10.8. The molecule has 0 atom stereocenters. The molecule has 1 aromatic carbocycles. The number of guanidine groups is 1. The molecule has 1 N–H and O–H groups in total. The molecule has 2 aromatic rings. The number of nitro groups is 1. The van der Waals surface area contributed by atoms with E-state index in [1.807, 2.05) is 23.4 Å². The van der Waals surface area contributed by atoms with Gasteiger partial charge in [0.25, 0.3) is 5.69 Å². The average Bonchev–Trinajstić information content (AvgIpc) is 3.01. The number of non-ortho nitro benzene ring substituents is 1. The van der Waals surface area contributed by atoms with Crippen molar-refractivity contribution >= 4 is 23.0 Å². The Morgan fingerprint density at radius 1 is 1.41 bits per heavy atom. The molecular weight excluding hydrogens is 300 g/mol. The summed E-state index contributed by atoms with van der Waals surface area (Å²) in [6, 6.07) is 8.67. The number of aliphatic imine (C=N–C) groups is 1. The Morgan fingerprint density at radius 2 is 2.23 bits per heavy atom. The average molecular weight is 318 g/mol. The summed E-state index contributed by atoms with van der Waals surface area (Å²) in [5.74, 6) is 0.748.